The maximum absolute atomic E-state index is 5.90. The van der Waals surface area contributed by atoms with Crippen molar-refractivity contribution in [3.05, 3.63) is 54.1 Å². The third-order valence-electron chi connectivity index (χ3n) is 4.26. The van der Waals surface area contributed by atoms with Crippen LogP contribution < -0.4 is 4.74 Å². The summed E-state index contributed by atoms with van der Waals surface area (Å²) < 4.78 is 7.06. The van der Waals surface area contributed by atoms with Gasteiger partial charge in [0.2, 0.25) is 0 Å². The number of rotatable bonds is 4. The van der Waals surface area contributed by atoms with E-state index in [1.807, 2.05) is 30.3 Å². The molecule has 1 aromatic heterocycles. The summed E-state index contributed by atoms with van der Waals surface area (Å²) in [6.45, 7) is 3.50. The minimum atomic E-state index is 0.704. The molecule has 0 atom stereocenters. The summed E-state index contributed by atoms with van der Waals surface area (Å²) in [5.41, 5.74) is 2.35. The molecule has 2 heterocycles. The Morgan fingerprint density at radius 2 is 1.74 bits per heavy atom. The number of hydrogen-bond donors (Lipinski definition) is 0. The topological polar surface area (TPSA) is 25.4 Å². The van der Waals surface area contributed by atoms with E-state index < -0.39 is 0 Å². The molecule has 3 nitrogen and oxygen atoms in total. The minimum Gasteiger partial charge on any atom is -0.431 e. The van der Waals surface area contributed by atoms with Gasteiger partial charge in [0.25, 0.3) is 5.19 Å². The number of likely N-dealkylation sites (tertiary alicyclic amines) is 1. The lowest BCUT2D eigenvalue weighted by Gasteiger charge is -2.26. The summed E-state index contributed by atoms with van der Waals surface area (Å²) in [5, 5.41) is 0.704. The van der Waals surface area contributed by atoms with Crippen LogP contribution in [0.2, 0.25) is 0 Å². The third-order valence-corrected chi connectivity index (χ3v) is 5.17. The highest BCUT2D eigenvalue weighted by Gasteiger charge is 2.10. The SMILES string of the molecule is c1ccc2sc(Oc3ccc(CN4CCCCC4)cc3)nc2c1. The molecule has 0 spiro atoms. The number of nitrogens with zero attached hydrogens (tertiary/aromatic N) is 2. The second-order valence-electron chi connectivity index (χ2n) is 6.03. The second kappa shape index (κ2) is 6.69. The predicted molar refractivity (Wildman–Crippen MR) is 95.3 cm³/mol. The molecular weight excluding hydrogens is 304 g/mol. The van der Waals surface area contributed by atoms with Crippen molar-refractivity contribution >= 4 is 21.6 Å². The molecule has 0 N–H and O–H groups in total. The minimum absolute atomic E-state index is 0.704. The highest BCUT2D eigenvalue weighted by Crippen LogP contribution is 2.31. The van der Waals surface area contributed by atoms with E-state index in [0.29, 0.717) is 5.19 Å². The zero-order valence-electron chi connectivity index (χ0n) is 13.1. The van der Waals surface area contributed by atoms with E-state index >= 15 is 0 Å². The van der Waals surface area contributed by atoms with Gasteiger partial charge in [0.15, 0.2) is 0 Å². The van der Waals surface area contributed by atoms with Crippen LogP contribution in [0.25, 0.3) is 10.2 Å². The summed E-state index contributed by atoms with van der Waals surface area (Å²) in [6.07, 6.45) is 4.04. The van der Waals surface area contributed by atoms with Gasteiger partial charge in [0.05, 0.1) is 10.2 Å². The fourth-order valence-corrected chi connectivity index (χ4v) is 3.87. The molecule has 0 amide bonds. The average molecular weight is 324 g/mol. The second-order valence-corrected chi connectivity index (χ2v) is 7.02. The molecule has 1 aliphatic heterocycles. The van der Waals surface area contributed by atoms with Crippen molar-refractivity contribution in [1.29, 1.82) is 0 Å². The van der Waals surface area contributed by atoms with Crippen molar-refractivity contribution in [2.24, 2.45) is 0 Å². The number of para-hydroxylation sites is 1. The van der Waals surface area contributed by atoms with Crippen molar-refractivity contribution in [3.8, 4) is 10.9 Å². The molecule has 4 rings (SSSR count). The molecule has 2 aromatic carbocycles. The zero-order valence-corrected chi connectivity index (χ0v) is 13.9. The molecule has 1 fully saturated rings. The first kappa shape index (κ1) is 14.7. The average Bonchev–Trinajstić information content (AvgIpc) is 3.00. The van der Waals surface area contributed by atoms with Crippen molar-refractivity contribution in [2.75, 3.05) is 13.1 Å². The fourth-order valence-electron chi connectivity index (χ4n) is 3.03. The Labute approximate surface area is 140 Å². The van der Waals surface area contributed by atoms with Crippen LogP contribution in [0, 0.1) is 0 Å². The van der Waals surface area contributed by atoms with Crippen LogP contribution >= 0.6 is 11.3 Å². The summed E-state index contributed by atoms with van der Waals surface area (Å²) in [4.78, 5) is 7.05. The number of hydrogen-bond acceptors (Lipinski definition) is 4. The van der Waals surface area contributed by atoms with E-state index in [0.717, 1.165) is 22.5 Å². The first-order chi connectivity index (χ1) is 11.4. The molecule has 23 heavy (non-hydrogen) atoms. The normalized spacial score (nSPS) is 15.8. The van der Waals surface area contributed by atoms with E-state index in [1.54, 1.807) is 11.3 Å². The van der Waals surface area contributed by atoms with Gasteiger partial charge >= 0.3 is 0 Å². The van der Waals surface area contributed by atoms with Crippen LogP contribution in [0.15, 0.2) is 48.5 Å². The van der Waals surface area contributed by atoms with Crippen molar-refractivity contribution in [1.82, 2.24) is 9.88 Å². The quantitative estimate of drug-likeness (QED) is 0.669. The molecule has 3 aromatic rings. The summed E-state index contributed by atoms with van der Waals surface area (Å²) in [7, 11) is 0. The number of benzene rings is 2. The lowest BCUT2D eigenvalue weighted by atomic mass is 10.1. The summed E-state index contributed by atoms with van der Waals surface area (Å²) >= 11 is 1.58. The van der Waals surface area contributed by atoms with Crippen molar-refractivity contribution in [2.45, 2.75) is 25.8 Å². The monoisotopic (exact) mass is 324 g/mol. The summed E-state index contributed by atoms with van der Waals surface area (Å²) in [6, 6.07) is 16.5. The van der Waals surface area contributed by atoms with Crippen LogP contribution in [0.5, 0.6) is 10.9 Å². The van der Waals surface area contributed by atoms with E-state index in [-0.39, 0.29) is 0 Å². The van der Waals surface area contributed by atoms with Gasteiger partial charge in [-0.1, -0.05) is 42.0 Å². The Balaban J connectivity index is 1.43. The van der Waals surface area contributed by atoms with E-state index in [2.05, 4.69) is 28.1 Å². The fraction of sp³-hybridized carbons (Fsp3) is 0.316. The number of fused-ring (bicyclic) bond motifs is 1. The van der Waals surface area contributed by atoms with Gasteiger partial charge in [-0.15, -0.1) is 0 Å². The zero-order chi connectivity index (χ0) is 15.5. The Morgan fingerprint density at radius 3 is 2.52 bits per heavy atom. The Hall–Kier alpha value is -1.91. The van der Waals surface area contributed by atoms with Gasteiger partial charge in [-0.05, 0) is 55.8 Å². The van der Waals surface area contributed by atoms with Gasteiger partial charge in [-0.3, -0.25) is 4.90 Å². The highest BCUT2D eigenvalue weighted by molar-refractivity contribution is 7.20. The van der Waals surface area contributed by atoms with Crippen LogP contribution in [-0.2, 0) is 6.54 Å². The molecule has 0 unspecified atom stereocenters. The lowest BCUT2D eigenvalue weighted by molar-refractivity contribution is 0.221. The van der Waals surface area contributed by atoms with E-state index in [1.165, 1.54) is 37.9 Å². The van der Waals surface area contributed by atoms with Gasteiger partial charge in [-0.25, -0.2) is 4.98 Å². The smallest absolute Gasteiger partial charge is 0.279 e. The molecule has 1 saturated heterocycles. The van der Waals surface area contributed by atoms with Gasteiger partial charge in [0, 0.05) is 6.54 Å². The number of thiazole rings is 1. The predicted octanol–water partition coefficient (Wildman–Crippen LogP) is 5.07. The van der Waals surface area contributed by atoms with Crippen molar-refractivity contribution in [3.63, 3.8) is 0 Å². The standard InChI is InChI=1S/C19H20N2OS/c1-4-12-21(13-5-1)14-15-8-10-16(11-9-15)22-19-20-17-6-2-3-7-18(17)23-19/h2-3,6-11H,1,4-5,12-14H2. The van der Waals surface area contributed by atoms with E-state index in [9.17, 15) is 0 Å². The highest BCUT2D eigenvalue weighted by atomic mass is 32.1. The van der Waals surface area contributed by atoms with Crippen LogP contribution in [-0.4, -0.2) is 23.0 Å². The first-order valence-corrected chi connectivity index (χ1v) is 9.03. The maximum atomic E-state index is 5.90. The lowest BCUT2D eigenvalue weighted by Crippen LogP contribution is -2.28. The Morgan fingerprint density at radius 1 is 0.957 bits per heavy atom. The molecule has 0 bridgehead atoms. The van der Waals surface area contributed by atoms with Crippen LogP contribution in [0.4, 0.5) is 0 Å². The maximum Gasteiger partial charge on any atom is 0.279 e. The van der Waals surface area contributed by atoms with Gasteiger partial charge in [-0.2, -0.15) is 0 Å². The molecule has 0 aliphatic carbocycles. The molecule has 1 aliphatic rings. The van der Waals surface area contributed by atoms with E-state index in [4.69, 9.17) is 4.74 Å². The molecule has 0 saturated carbocycles. The van der Waals surface area contributed by atoms with Gasteiger partial charge in [0.1, 0.15) is 5.75 Å². The number of piperidine rings is 1. The largest absolute Gasteiger partial charge is 0.431 e. The molecular formula is C19H20N2OS. The van der Waals surface area contributed by atoms with Crippen molar-refractivity contribution < 1.29 is 4.74 Å². The number of aromatic nitrogens is 1. The molecule has 0 radical (unpaired) electrons. The Kier molecular flexibility index (Phi) is 4.26. The molecule has 4 heteroatoms. The third kappa shape index (κ3) is 3.54. The first-order valence-electron chi connectivity index (χ1n) is 8.21. The van der Waals surface area contributed by atoms with Crippen LogP contribution in [0.3, 0.4) is 0 Å². The van der Waals surface area contributed by atoms with Gasteiger partial charge < -0.3 is 4.74 Å². The Bertz CT molecular complexity index is 742. The molecule has 118 valence electrons. The number of ether oxygens (including phenoxy) is 1. The van der Waals surface area contributed by atoms with Crippen LogP contribution in [0.1, 0.15) is 24.8 Å². The summed E-state index contributed by atoms with van der Waals surface area (Å²) in [5.74, 6) is 0.853.